The van der Waals surface area contributed by atoms with Crippen LogP contribution in [0, 0.1) is 19.7 Å². The molecule has 0 aliphatic heterocycles. The molecule has 0 saturated heterocycles. The molecular weight excluding hydrogens is 495 g/mol. The van der Waals surface area contributed by atoms with E-state index in [0.717, 1.165) is 11.3 Å². The smallest absolute Gasteiger partial charge is 0.261 e. The minimum atomic E-state index is -1.19. The number of rotatable bonds is 7. The van der Waals surface area contributed by atoms with E-state index in [1.165, 1.54) is 18.3 Å². The van der Waals surface area contributed by atoms with Crippen LogP contribution in [0.3, 0.4) is 0 Å². The van der Waals surface area contributed by atoms with Gasteiger partial charge in [0, 0.05) is 18.3 Å². The Morgan fingerprint density at radius 2 is 1.84 bits per heavy atom. The van der Waals surface area contributed by atoms with E-state index in [1.807, 2.05) is 0 Å². The van der Waals surface area contributed by atoms with Gasteiger partial charge < -0.3 is 24.8 Å². The number of hydrogen-bond donors (Lipinski definition) is 3. The second-order valence-electron chi connectivity index (χ2n) is 9.41. The molecule has 37 heavy (non-hydrogen) atoms. The normalized spacial score (nSPS) is 11.7. The molecule has 2 aromatic carbocycles. The molecule has 2 heterocycles. The Kier molecular flexibility index (Phi) is 7.23. The summed E-state index contributed by atoms with van der Waals surface area (Å²) in [4.78, 5) is 26.0. The summed E-state index contributed by atoms with van der Waals surface area (Å²) < 4.78 is 22.2. The van der Waals surface area contributed by atoms with E-state index >= 15 is 0 Å². The molecule has 0 aliphatic rings. The fraction of sp³-hybridized carbons (Fsp3) is 0.286. The summed E-state index contributed by atoms with van der Waals surface area (Å²) >= 11 is 1.05. The number of thiophene rings is 1. The van der Waals surface area contributed by atoms with Crippen LogP contribution in [0.1, 0.15) is 52.7 Å². The third kappa shape index (κ3) is 5.16. The second kappa shape index (κ2) is 10.1. The molecule has 4 rings (SSSR count). The van der Waals surface area contributed by atoms with Crippen LogP contribution in [0.15, 0.2) is 47.4 Å². The van der Waals surface area contributed by atoms with Gasteiger partial charge in [-0.3, -0.25) is 9.59 Å². The number of hydrogen-bond acceptors (Lipinski definition) is 6. The molecule has 0 saturated carbocycles. The second-order valence-corrected chi connectivity index (χ2v) is 10.5. The van der Waals surface area contributed by atoms with Crippen molar-refractivity contribution in [2.75, 3.05) is 6.54 Å². The van der Waals surface area contributed by atoms with Gasteiger partial charge in [0.1, 0.15) is 11.6 Å². The number of fused-ring (bicyclic) bond motifs is 1. The third-order valence-electron chi connectivity index (χ3n) is 6.05. The van der Waals surface area contributed by atoms with E-state index in [0.29, 0.717) is 55.5 Å². The number of nitrogens with one attached hydrogen (secondary N) is 1. The zero-order valence-corrected chi connectivity index (χ0v) is 22.1. The SMILES string of the molecule is CCNC(=O)c1cc2c(s1)c(=O)c(CO)cn2-c1cc(C(C)(C)O)ccc1Oc1c(C)cc(F)cc1C. The van der Waals surface area contributed by atoms with E-state index < -0.39 is 12.2 Å². The molecule has 9 heteroatoms. The number of carbonyl (C=O) groups excluding carboxylic acids is 1. The number of halogens is 1. The molecule has 3 N–H and O–H groups in total. The average molecular weight is 525 g/mol. The minimum Gasteiger partial charge on any atom is -0.455 e. The summed E-state index contributed by atoms with van der Waals surface area (Å²) in [5.74, 6) is 0.183. The predicted molar refractivity (Wildman–Crippen MR) is 143 cm³/mol. The van der Waals surface area contributed by atoms with Gasteiger partial charge in [0.25, 0.3) is 5.91 Å². The lowest BCUT2D eigenvalue weighted by molar-refractivity contribution is 0.0785. The fourth-order valence-electron chi connectivity index (χ4n) is 4.17. The highest BCUT2D eigenvalue weighted by molar-refractivity contribution is 7.20. The Bertz CT molecular complexity index is 1540. The maximum atomic E-state index is 13.9. The van der Waals surface area contributed by atoms with Gasteiger partial charge in [0.15, 0.2) is 5.75 Å². The average Bonchev–Trinajstić information content (AvgIpc) is 3.28. The van der Waals surface area contributed by atoms with Gasteiger partial charge in [-0.15, -0.1) is 11.3 Å². The van der Waals surface area contributed by atoms with Crippen LogP contribution in [0.2, 0.25) is 0 Å². The topological polar surface area (TPSA) is 101 Å². The molecule has 4 aromatic rings. The number of ether oxygens (including phenoxy) is 1. The van der Waals surface area contributed by atoms with E-state index in [2.05, 4.69) is 5.32 Å². The maximum Gasteiger partial charge on any atom is 0.261 e. The van der Waals surface area contributed by atoms with E-state index in [9.17, 15) is 24.2 Å². The zero-order chi connectivity index (χ0) is 27.1. The van der Waals surface area contributed by atoms with Crippen LogP contribution < -0.4 is 15.5 Å². The van der Waals surface area contributed by atoms with Gasteiger partial charge in [0.05, 0.1) is 33.0 Å². The van der Waals surface area contributed by atoms with Gasteiger partial charge in [-0.05, 0) is 81.6 Å². The highest BCUT2D eigenvalue weighted by Gasteiger charge is 2.23. The van der Waals surface area contributed by atoms with E-state index in [1.54, 1.807) is 63.5 Å². The fourth-order valence-corrected chi connectivity index (χ4v) is 5.21. The first-order valence-electron chi connectivity index (χ1n) is 11.8. The van der Waals surface area contributed by atoms with Crippen molar-refractivity contribution in [3.05, 3.63) is 85.8 Å². The van der Waals surface area contributed by atoms with Crippen molar-refractivity contribution >= 4 is 27.5 Å². The monoisotopic (exact) mass is 524 g/mol. The number of aryl methyl sites for hydroxylation is 2. The van der Waals surface area contributed by atoms with Gasteiger partial charge >= 0.3 is 0 Å². The molecule has 0 fully saturated rings. The molecule has 7 nitrogen and oxygen atoms in total. The molecule has 2 aromatic heterocycles. The van der Waals surface area contributed by atoms with Crippen molar-refractivity contribution in [2.45, 2.75) is 46.8 Å². The Morgan fingerprint density at radius 1 is 1.16 bits per heavy atom. The summed E-state index contributed by atoms with van der Waals surface area (Å²) in [6.07, 6.45) is 1.51. The molecule has 0 radical (unpaired) electrons. The lowest BCUT2D eigenvalue weighted by Crippen LogP contribution is -2.21. The predicted octanol–water partition coefficient (Wildman–Crippen LogP) is 5.07. The van der Waals surface area contributed by atoms with Crippen molar-refractivity contribution in [3.8, 4) is 17.2 Å². The largest absolute Gasteiger partial charge is 0.455 e. The Balaban J connectivity index is 2.02. The Morgan fingerprint density at radius 3 is 2.43 bits per heavy atom. The highest BCUT2D eigenvalue weighted by atomic mass is 32.1. The summed E-state index contributed by atoms with van der Waals surface area (Å²) in [6, 6.07) is 9.55. The number of amides is 1. The number of benzene rings is 2. The molecule has 0 aliphatic carbocycles. The first-order chi connectivity index (χ1) is 17.4. The van der Waals surface area contributed by atoms with Gasteiger partial charge in [-0.1, -0.05) is 6.07 Å². The zero-order valence-electron chi connectivity index (χ0n) is 21.3. The molecule has 0 unspecified atom stereocenters. The van der Waals surface area contributed by atoms with Crippen LogP contribution in [-0.2, 0) is 12.2 Å². The summed E-state index contributed by atoms with van der Waals surface area (Å²) in [5, 5.41) is 23.4. The quantitative estimate of drug-likeness (QED) is 0.313. The first kappa shape index (κ1) is 26.5. The van der Waals surface area contributed by atoms with Crippen LogP contribution in [0.25, 0.3) is 15.9 Å². The van der Waals surface area contributed by atoms with Crippen LogP contribution in [-0.4, -0.2) is 27.2 Å². The third-order valence-corrected chi connectivity index (χ3v) is 7.17. The Hall–Kier alpha value is -3.53. The van der Waals surface area contributed by atoms with Crippen LogP contribution in [0.4, 0.5) is 4.39 Å². The summed E-state index contributed by atoms with van der Waals surface area (Å²) in [5.41, 5.74) is 1.32. The molecular formula is C28H29FN2O5S. The van der Waals surface area contributed by atoms with Gasteiger partial charge in [-0.25, -0.2) is 4.39 Å². The number of nitrogens with zero attached hydrogens (tertiary/aromatic N) is 1. The number of aromatic nitrogens is 1. The first-order valence-corrected chi connectivity index (χ1v) is 12.6. The number of aliphatic hydroxyl groups is 2. The Labute approximate surface area is 217 Å². The van der Waals surface area contributed by atoms with Crippen molar-refractivity contribution in [3.63, 3.8) is 0 Å². The molecule has 1 amide bonds. The number of carbonyl (C=O) groups is 1. The van der Waals surface area contributed by atoms with Gasteiger partial charge in [0.2, 0.25) is 5.43 Å². The van der Waals surface area contributed by atoms with E-state index in [-0.39, 0.29) is 22.7 Å². The van der Waals surface area contributed by atoms with Crippen molar-refractivity contribution < 1.29 is 24.1 Å². The van der Waals surface area contributed by atoms with Crippen LogP contribution >= 0.6 is 11.3 Å². The van der Waals surface area contributed by atoms with Crippen molar-refractivity contribution in [1.29, 1.82) is 0 Å². The highest BCUT2D eigenvalue weighted by Crippen LogP contribution is 2.37. The summed E-state index contributed by atoms with van der Waals surface area (Å²) in [6.45, 7) is 8.53. The minimum absolute atomic E-state index is 0.144. The lowest BCUT2D eigenvalue weighted by atomic mass is 9.97. The molecule has 0 bridgehead atoms. The van der Waals surface area contributed by atoms with Crippen molar-refractivity contribution in [2.24, 2.45) is 0 Å². The maximum absolute atomic E-state index is 13.9. The van der Waals surface area contributed by atoms with E-state index in [4.69, 9.17) is 4.74 Å². The van der Waals surface area contributed by atoms with Crippen LogP contribution in [0.5, 0.6) is 11.5 Å². The lowest BCUT2D eigenvalue weighted by Gasteiger charge is -2.23. The molecule has 194 valence electrons. The standard InChI is InChI=1S/C28H29FN2O5S/c1-6-30-27(34)23-12-21-26(37-23)24(33)17(14-32)13-31(21)20-11-18(28(4,5)35)7-8-22(20)36-25-15(2)9-19(29)10-16(25)3/h7-13,32,35H,6,14H2,1-5H3,(H,30,34). The molecule has 0 spiro atoms. The summed E-state index contributed by atoms with van der Waals surface area (Å²) in [7, 11) is 0. The molecule has 0 atom stereocenters. The number of aliphatic hydroxyl groups excluding tert-OH is 1. The van der Waals surface area contributed by atoms with Gasteiger partial charge in [-0.2, -0.15) is 0 Å². The number of pyridine rings is 1. The van der Waals surface area contributed by atoms with Crippen molar-refractivity contribution in [1.82, 2.24) is 9.88 Å².